The molecule has 5 nitrogen and oxygen atoms in total. The normalized spacial score (nSPS) is 17.8. The molecule has 0 radical (unpaired) electrons. The van der Waals surface area contributed by atoms with E-state index in [-0.39, 0.29) is 11.9 Å². The number of thiocarbonyl (C=S) groups is 1. The summed E-state index contributed by atoms with van der Waals surface area (Å²) in [4.78, 5) is 20.9. The minimum Gasteiger partial charge on any atom is -0.392 e. The summed E-state index contributed by atoms with van der Waals surface area (Å²) in [5.41, 5.74) is 6.27. The highest BCUT2D eigenvalue weighted by Crippen LogP contribution is 2.14. The van der Waals surface area contributed by atoms with Crippen molar-refractivity contribution in [1.82, 2.24) is 14.8 Å². The fourth-order valence-electron chi connectivity index (χ4n) is 2.20. The minimum absolute atomic E-state index is 0.0152. The minimum atomic E-state index is 0.0152. The standard InChI is InChI=1S/C13H17BrN4OS/c1-9(12(15)20)17-2-4-18(5-3-17)13(19)10-6-11(14)8-16-7-10/h6-9H,2-5H2,1H3,(H2,15,20). The third-order valence-corrected chi connectivity index (χ3v) is 4.29. The fraction of sp³-hybridized carbons (Fsp3) is 0.462. The predicted molar refractivity (Wildman–Crippen MR) is 85.7 cm³/mol. The van der Waals surface area contributed by atoms with Gasteiger partial charge in [-0.05, 0) is 28.9 Å². The van der Waals surface area contributed by atoms with Crippen LogP contribution in [0.25, 0.3) is 0 Å². The molecule has 0 aliphatic carbocycles. The molecule has 0 saturated carbocycles. The second kappa shape index (κ2) is 6.60. The van der Waals surface area contributed by atoms with E-state index in [2.05, 4.69) is 25.8 Å². The molecule has 20 heavy (non-hydrogen) atoms. The van der Waals surface area contributed by atoms with Crippen LogP contribution in [0.3, 0.4) is 0 Å². The Hall–Kier alpha value is -1.05. The average molecular weight is 357 g/mol. The first-order valence-electron chi connectivity index (χ1n) is 6.42. The molecule has 1 unspecified atom stereocenters. The lowest BCUT2D eigenvalue weighted by Crippen LogP contribution is -2.53. The van der Waals surface area contributed by atoms with Crippen molar-refractivity contribution in [2.24, 2.45) is 5.73 Å². The Balaban J connectivity index is 1.97. The van der Waals surface area contributed by atoms with E-state index in [1.807, 2.05) is 11.8 Å². The first-order chi connectivity index (χ1) is 9.49. The fourth-order valence-corrected chi connectivity index (χ4v) is 2.72. The summed E-state index contributed by atoms with van der Waals surface area (Å²) in [7, 11) is 0. The van der Waals surface area contributed by atoms with Crippen LogP contribution in [-0.2, 0) is 0 Å². The maximum absolute atomic E-state index is 12.4. The van der Waals surface area contributed by atoms with E-state index in [1.54, 1.807) is 18.5 Å². The highest BCUT2D eigenvalue weighted by atomic mass is 79.9. The Kier molecular flexibility index (Phi) is 5.06. The lowest BCUT2D eigenvalue weighted by atomic mass is 10.2. The van der Waals surface area contributed by atoms with Crippen molar-refractivity contribution in [2.45, 2.75) is 13.0 Å². The van der Waals surface area contributed by atoms with Crippen LogP contribution in [0.2, 0.25) is 0 Å². The van der Waals surface area contributed by atoms with Crippen molar-refractivity contribution in [1.29, 1.82) is 0 Å². The lowest BCUT2D eigenvalue weighted by molar-refractivity contribution is 0.0621. The number of amides is 1. The van der Waals surface area contributed by atoms with Gasteiger partial charge in [-0.25, -0.2) is 0 Å². The number of halogens is 1. The molecule has 1 aromatic heterocycles. The van der Waals surface area contributed by atoms with Gasteiger partial charge in [-0.1, -0.05) is 12.2 Å². The van der Waals surface area contributed by atoms with E-state index >= 15 is 0 Å². The summed E-state index contributed by atoms with van der Waals surface area (Å²) in [6, 6.07) is 1.87. The Morgan fingerprint density at radius 1 is 1.40 bits per heavy atom. The zero-order chi connectivity index (χ0) is 14.7. The van der Waals surface area contributed by atoms with Gasteiger partial charge in [-0.15, -0.1) is 0 Å². The zero-order valence-electron chi connectivity index (χ0n) is 11.3. The van der Waals surface area contributed by atoms with Crippen LogP contribution in [0.15, 0.2) is 22.9 Å². The van der Waals surface area contributed by atoms with Crippen molar-refractivity contribution < 1.29 is 4.79 Å². The average Bonchev–Trinajstić information content (AvgIpc) is 2.46. The lowest BCUT2D eigenvalue weighted by Gasteiger charge is -2.37. The first kappa shape index (κ1) is 15.3. The number of nitrogens with zero attached hydrogens (tertiary/aromatic N) is 3. The number of aromatic nitrogens is 1. The summed E-state index contributed by atoms with van der Waals surface area (Å²) in [6.45, 7) is 4.92. The number of rotatable bonds is 3. The quantitative estimate of drug-likeness (QED) is 0.826. The third kappa shape index (κ3) is 3.53. The first-order valence-corrected chi connectivity index (χ1v) is 7.62. The van der Waals surface area contributed by atoms with Crippen LogP contribution >= 0.6 is 28.1 Å². The molecule has 7 heteroatoms. The Labute approximate surface area is 132 Å². The van der Waals surface area contributed by atoms with Crippen LogP contribution in [0, 0.1) is 0 Å². The maximum Gasteiger partial charge on any atom is 0.255 e. The number of carbonyl (C=O) groups excluding carboxylic acids is 1. The van der Waals surface area contributed by atoms with Crippen molar-refractivity contribution in [3.8, 4) is 0 Å². The van der Waals surface area contributed by atoms with Crippen molar-refractivity contribution >= 4 is 39.0 Å². The molecular formula is C13H17BrN4OS. The SMILES string of the molecule is CC(C(N)=S)N1CCN(C(=O)c2cncc(Br)c2)CC1. The molecule has 0 bridgehead atoms. The predicted octanol–water partition coefficient (Wildman–Crippen LogP) is 1.28. The number of hydrogen-bond acceptors (Lipinski definition) is 4. The summed E-state index contributed by atoms with van der Waals surface area (Å²) in [5.74, 6) is 0.0152. The number of piperazine rings is 1. The van der Waals surface area contributed by atoms with Gasteiger partial charge in [-0.2, -0.15) is 0 Å². The Morgan fingerprint density at radius 2 is 2.05 bits per heavy atom. The van der Waals surface area contributed by atoms with E-state index in [0.29, 0.717) is 23.6 Å². The summed E-state index contributed by atoms with van der Waals surface area (Å²) >= 11 is 8.34. The van der Waals surface area contributed by atoms with E-state index < -0.39 is 0 Å². The van der Waals surface area contributed by atoms with Crippen LogP contribution in [0.4, 0.5) is 0 Å². The molecule has 1 aliphatic rings. The van der Waals surface area contributed by atoms with E-state index in [4.69, 9.17) is 18.0 Å². The van der Waals surface area contributed by atoms with E-state index in [9.17, 15) is 4.79 Å². The second-order valence-electron chi connectivity index (χ2n) is 4.80. The molecule has 0 spiro atoms. The molecule has 1 aliphatic heterocycles. The molecule has 2 rings (SSSR count). The molecule has 108 valence electrons. The van der Waals surface area contributed by atoms with Crippen molar-refractivity contribution in [3.63, 3.8) is 0 Å². The van der Waals surface area contributed by atoms with Crippen LogP contribution in [0.1, 0.15) is 17.3 Å². The number of pyridine rings is 1. The Bertz CT molecular complexity index is 517. The van der Waals surface area contributed by atoms with Gasteiger partial charge in [0, 0.05) is 43.0 Å². The molecule has 1 aromatic rings. The Morgan fingerprint density at radius 3 is 2.60 bits per heavy atom. The van der Waals surface area contributed by atoms with Crippen LogP contribution in [0.5, 0.6) is 0 Å². The van der Waals surface area contributed by atoms with E-state index in [0.717, 1.165) is 17.6 Å². The highest BCUT2D eigenvalue weighted by molar-refractivity contribution is 9.10. The molecule has 1 amide bonds. The highest BCUT2D eigenvalue weighted by Gasteiger charge is 2.25. The van der Waals surface area contributed by atoms with Crippen LogP contribution in [-0.4, -0.2) is 57.9 Å². The van der Waals surface area contributed by atoms with Gasteiger partial charge in [-0.3, -0.25) is 14.7 Å². The molecule has 2 N–H and O–H groups in total. The smallest absolute Gasteiger partial charge is 0.255 e. The zero-order valence-corrected chi connectivity index (χ0v) is 13.7. The van der Waals surface area contributed by atoms with Gasteiger partial charge in [0.1, 0.15) is 0 Å². The van der Waals surface area contributed by atoms with Crippen LogP contribution < -0.4 is 5.73 Å². The third-order valence-electron chi connectivity index (χ3n) is 3.51. The molecule has 1 fully saturated rings. The van der Waals surface area contributed by atoms with Gasteiger partial charge in [0.05, 0.1) is 16.6 Å². The largest absolute Gasteiger partial charge is 0.392 e. The molecule has 1 atom stereocenters. The van der Waals surface area contributed by atoms with Gasteiger partial charge >= 0.3 is 0 Å². The monoisotopic (exact) mass is 356 g/mol. The number of nitrogens with two attached hydrogens (primary N) is 1. The molecule has 1 saturated heterocycles. The maximum atomic E-state index is 12.4. The summed E-state index contributed by atoms with van der Waals surface area (Å²) in [6.07, 6.45) is 3.26. The number of carbonyl (C=O) groups is 1. The molecule has 2 heterocycles. The van der Waals surface area contributed by atoms with Crippen molar-refractivity contribution in [2.75, 3.05) is 26.2 Å². The second-order valence-corrected chi connectivity index (χ2v) is 6.19. The molecule has 0 aromatic carbocycles. The van der Waals surface area contributed by atoms with Gasteiger partial charge in [0.15, 0.2) is 0 Å². The van der Waals surface area contributed by atoms with Crippen molar-refractivity contribution in [3.05, 3.63) is 28.5 Å². The van der Waals surface area contributed by atoms with Gasteiger partial charge < -0.3 is 10.6 Å². The molecular weight excluding hydrogens is 340 g/mol. The van der Waals surface area contributed by atoms with Gasteiger partial charge in [0.2, 0.25) is 0 Å². The summed E-state index contributed by atoms with van der Waals surface area (Å²) in [5, 5.41) is 0. The van der Waals surface area contributed by atoms with E-state index in [1.165, 1.54) is 0 Å². The van der Waals surface area contributed by atoms with Gasteiger partial charge in [0.25, 0.3) is 5.91 Å². The summed E-state index contributed by atoms with van der Waals surface area (Å²) < 4.78 is 0.809. The topological polar surface area (TPSA) is 62.5 Å². The number of hydrogen-bond donors (Lipinski definition) is 1.